The van der Waals surface area contributed by atoms with Crippen molar-refractivity contribution >= 4 is 11.9 Å². The maximum Gasteiger partial charge on any atom is 0.335 e. The van der Waals surface area contributed by atoms with Gasteiger partial charge in [-0.15, -0.1) is 0 Å². The summed E-state index contributed by atoms with van der Waals surface area (Å²) in [6.45, 7) is 9.79. The van der Waals surface area contributed by atoms with Crippen molar-refractivity contribution in [3.05, 3.63) is 35.4 Å². The highest BCUT2D eigenvalue weighted by Gasteiger charge is 2.14. The molecule has 1 aromatic rings. The van der Waals surface area contributed by atoms with Crippen molar-refractivity contribution < 1.29 is 14.7 Å². The molecule has 0 spiro atoms. The van der Waals surface area contributed by atoms with E-state index in [0.717, 1.165) is 6.54 Å². The number of carboxylic acids is 1. The molecule has 5 nitrogen and oxygen atoms in total. The van der Waals surface area contributed by atoms with Gasteiger partial charge in [-0.3, -0.25) is 9.69 Å². The topological polar surface area (TPSA) is 69.6 Å². The molecule has 2 N–H and O–H groups in total. The van der Waals surface area contributed by atoms with Gasteiger partial charge in [0.05, 0.1) is 5.56 Å². The fraction of sp³-hybridized carbons (Fsp3) is 0.500. The minimum absolute atomic E-state index is 0.119. The molecule has 0 saturated heterocycles. The summed E-state index contributed by atoms with van der Waals surface area (Å²) in [5.74, 6) is -1.28. The Bertz CT molecular complexity index is 490. The molecule has 0 fully saturated rings. The fourth-order valence-electron chi connectivity index (χ4n) is 2.31. The van der Waals surface area contributed by atoms with Gasteiger partial charge in [-0.2, -0.15) is 0 Å². The lowest BCUT2D eigenvalue weighted by molar-refractivity contribution is 0.0697. The Morgan fingerprint density at radius 2 is 1.71 bits per heavy atom. The van der Waals surface area contributed by atoms with Crippen LogP contribution in [0.4, 0.5) is 0 Å². The largest absolute Gasteiger partial charge is 0.478 e. The Labute approximate surface area is 126 Å². The molecule has 0 aliphatic heterocycles. The van der Waals surface area contributed by atoms with Gasteiger partial charge in [-0.25, -0.2) is 4.79 Å². The van der Waals surface area contributed by atoms with Gasteiger partial charge in [0.15, 0.2) is 0 Å². The van der Waals surface area contributed by atoms with Crippen molar-refractivity contribution in [1.82, 2.24) is 10.2 Å². The van der Waals surface area contributed by atoms with E-state index in [4.69, 9.17) is 5.11 Å². The number of hydrogen-bond acceptors (Lipinski definition) is 3. The zero-order valence-electron chi connectivity index (χ0n) is 13.1. The predicted octanol–water partition coefficient (Wildman–Crippen LogP) is 2.23. The standard InChI is InChI=1S/C16H24N2O3/c1-11(2)18(12(3)4)9-8-17-15(19)13-6-5-7-14(10-13)16(20)21/h5-7,10-12H,8-9H2,1-4H3,(H,17,19)(H,20,21). The van der Waals surface area contributed by atoms with Crippen LogP contribution in [0.25, 0.3) is 0 Å². The SMILES string of the molecule is CC(C)N(CCNC(=O)c1cccc(C(=O)O)c1)C(C)C. The molecule has 1 aromatic carbocycles. The number of amides is 1. The number of aromatic carboxylic acids is 1. The number of hydrogen-bond donors (Lipinski definition) is 2. The van der Waals surface area contributed by atoms with E-state index in [9.17, 15) is 9.59 Å². The molecule has 116 valence electrons. The number of nitrogens with one attached hydrogen (secondary N) is 1. The maximum absolute atomic E-state index is 12.0. The van der Waals surface area contributed by atoms with Gasteiger partial charge >= 0.3 is 5.97 Å². The fourth-order valence-corrected chi connectivity index (χ4v) is 2.31. The quantitative estimate of drug-likeness (QED) is 0.808. The summed E-state index contributed by atoms with van der Waals surface area (Å²) in [5.41, 5.74) is 0.490. The molecular weight excluding hydrogens is 268 g/mol. The predicted molar refractivity (Wildman–Crippen MR) is 82.7 cm³/mol. The molecular formula is C16H24N2O3. The van der Waals surface area contributed by atoms with Crippen LogP contribution in [0.3, 0.4) is 0 Å². The molecule has 0 unspecified atom stereocenters. The summed E-state index contributed by atoms with van der Waals surface area (Å²) in [6, 6.07) is 6.88. The number of carboxylic acid groups (broad SMARTS) is 1. The minimum Gasteiger partial charge on any atom is -0.478 e. The first-order valence-electron chi connectivity index (χ1n) is 7.20. The van der Waals surface area contributed by atoms with Gasteiger partial charge in [0.1, 0.15) is 0 Å². The van der Waals surface area contributed by atoms with Crippen LogP contribution in [0.5, 0.6) is 0 Å². The van der Waals surface area contributed by atoms with E-state index in [1.165, 1.54) is 12.1 Å². The Hall–Kier alpha value is -1.88. The maximum atomic E-state index is 12.0. The second-order valence-corrected chi connectivity index (χ2v) is 5.57. The number of nitrogens with zero attached hydrogens (tertiary/aromatic N) is 1. The van der Waals surface area contributed by atoms with Crippen LogP contribution in [0.2, 0.25) is 0 Å². The third-order valence-corrected chi connectivity index (χ3v) is 3.35. The van der Waals surface area contributed by atoms with Gasteiger partial charge in [0.2, 0.25) is 0 Å². The lowest BCUT2D eigenvalue weighted by Gasteiger charge is -2.30. The van der Waals surface area contributed by atoms with Crippen LogP contribution in [0, 0.1) is 0 Å². The highest BCUT2D eigenvalue weighted by atomic mass is 16.4. The summed E-state index contributed by atoms with van der Waals surface area (Å²) >= 11 is 0. The van der Waals surface area contributed by atoms with E-state index in [2.05, 4.69) is 37.9 Å². The zero-order valence-corrected chi connectivity index (χ0v) is 13.1. The third-order valence-electron chi connectivity index (χ3n) is 3.35. The molecule has 0 heterocycles. The van der Waals surface area contributed by atoms with Gasteiger partial charge in [-0.05, 0) is 45.9 Å². The molecule has 0 aliphatic carbocycles. The van der Waals surface area contributed by atoms with E-state index in [-0.39, 0.29) is 11.5 Å². The van der Waals surface area contributed by atoms with Gasteiger partial charge in [0.25, 0.3) is 5.91 Å². The molecule has 21 heavy (non-hydrogen) atoms. The Morgan fingerprint density at radius 1 is 1.14 bits per heavy atom. The molecule has 0 radical (unpaired) electrons. The van der Waals surface area contributed by atoms with Crippen molar-refractivity contribution in [2.45, 2.75) is 39.8 Å². The Kier molecular flexibility index (Phi) is 6.37. The first kappa shape index (κ1) is 17.2. The number of rotatable bonds is 7. The molecule has 5 heteroatoms. The molecule has 0 aromatic heterocycles. The first-order chi connectivity index (χ1) is 9.82. The lowest BCUT2D eigenvalue weighted by atomic mass is 10.1. The third kappa shape index (κ3) is 5.19. The smallest absolute Gasteiger partial charge is 0.335 e. The van der Waals surface area contributed by atoms with E-state index < -0.39 is 5.97 Å². The van der Waals surface area contributed by atoms with Crippen LogP contribution in [0.15, 0.2) is 24.3 Å². The van der Waals surface area contributed by atoms with Crippen LogP contribution >= 0.6 is 0 Å². The molecule has 0 atom stereocenters. The summed E-state index contributed by atoms with van der Waals surface area (Å²) < 4.78 is 0. The molecule has 0 aliphatic rings. The van der Waals surface area contributed by atoms with Gasteiger partial charge < -0.3 is 10.4 Å². The Balaban J connectivity index is 2.58. The average molecular weight is 292 g/mol. The van der Waals surface area contributed by atoms with Crippen molar-refractivity contribution in [3.8, 4) is 0 Å². The molecule has 1 amide bonds. The van der Waals surface area contributed by atoms with Crippen molar-refractivity contribution in [3.63, 3.8) is 0 Å². The number of carbonyl (C=O) groups is 2. The van der Waals surface area contributed by atoms with Crippen molar-refractivity contribution in [2.75, 3.05) is 13.1 Å². The number of benzene rings is 1. The second-order valence-electron chi connectivity index (χ2n) is 5.57. The van der Waals surface area contributed by atoms with Crippen LogP contribution in [-0.2, 0) is 0 Å². The Morgan fingerprint density at radius 3 is 2.24 bits per heavy atom. The minimum atomic E-state index is -1.03. The highest BCUT2D eigenvalue weighted by Crippen LogP contribution is 2.06. The van der Waals surface area contributed by atoms with Gasteiger partial charge in [-0.1, -0.05) is 6.07 Å². The number of carbonyl (C=O) groups excluding carboxylic acids is 1. The molecule has 1 rings (SSSR count). The lowest BCUT2D eigenvalue weighted by Crippen LogP contribution is -2.42. The van der Waals surface area contributed by atoms with Gasteiger partial charge in [0, 0.05) is 30.7 Å². The van der Waals surface area contributed by atoms with Crippen LogP contribution in [0.1, 0.15) is 48.4 Å². The first-order valence-corrected chi connectivity index (χ1v) is 7.20. The van der Waals surface area contributed by atoms with Crippen LogP contribution < -0.4 is 5.32 Å². The average Bonchev–Trinajstić information content (AvgIpc) is 2.42. The summed E-state index contributed by atoms with van der Waals surface area (Å²) in [5, 5.41) is 11.8. The zero-order chi connectivity index (χ0) is 16.0. The summed E-state index contributed by atoms with van der Waals surface area (Å²) in [6.07, 6.45) is 0. The van der Waals surface area contributed by atoms with E-state index >= 15 is 0 Å². The second kappa shape index (κ2) is 7.78. The van der Waals surface area contributed by atoms with Crippen LogP contribution in [-0.4, -0.2) is 47.1 Å². The molecule has 0 bridgehead atoms. The molecule has 0 saturated carbocycles. The van der Waals surface area contributed by atoms with E-state index in [1.54, 1.807) is 12.1 Å². The normalized spacial score (nSPS) is 11.2. The van der Waals surface area contributed by atoms with E-state index in [1.807, 2.05) is 0 Å². The summed E-state index contributed by atoms with van der Waals surface area (Å²) in [4.78, 5) is 25.2. The van der Waals surface area contributed by atoms with E-state index in [0.29, 0.717) is 24.2 Å². The summed E-state index contributed by atoms with van der Waals surface area (Å²) in [7, 11) is 0. The van der Waals surface area contributed by atoms with Crippen molar-refractivity contribution in [1.29, 1.82) is 0 Å². The monoisotopic (exact) mass is 292 g/mol. The highest BCUT2D eigenvalue weighted by molar-refractivity contribution is 5.97. The van der Waals surface area contributed by atoms with Crippen molar-refractivity contribution in [2.24, 2.45) is 0 Å².